The van der Waals surface area contributed by atoms with Gasteiger partial charge in [-0.1, -0.05) is 0 Å². The minimum absolute atomic E-state index is 0.0307. The smallest absolute Gasteiger partial charge is 0.248 e. The molecule has 3 atom stereocenters. The maximum Gasteiger partial charge on any atom is 0.248 e. The minimum atomic E-state index is -0.439. The average Bonchev–Trinajstić information content (AvgIpc) is 2.64. The highest BCUT2D eigenvalue weighted by atomic mass is 16.5. The number of methoxy groups -OCH3 is 1. The molecule has 1 fully saturated rings. The Morgan fingerprint density at radius 3 is 2.88 bits per heavy atom. The van der Waals surface area contributed by atoms with Crippen molar-refractivity contribution in [3.8, 4) is 0 Å². The molecule has 3 unspecified atom stereocenters. The predicted octanol–water partition coefficient (Wildman–Crippen LogP) is 0.0339. The number of rotatable bonds is 6. The molecule has 0 aromatic rings. The van der Waals surface area contributed by atoms with Gasteiger partial charge in [-0.05, 0) is 26.2 Å². The first-order valence-corrected chi connectivity index (χ1v) is 5.83. The summed E-state index contributed by atoms with van der Waals surface area (Å²) in [6, 6.07) is 0.0780. The van der Waals surface area contributed by atoms with E-state index in [-0.39, 0.29) is 18.1 Å². The molecule has 0 heterocycles. The molecule has 0 saturated heterocycles. The van der Waals surface area contributed by atoms with E-state index in [1.165, 1.54) is 0 Å². The molecule has 5 nitrogen and oxygen atoms in total. The van der Waals surface area contributed by atoms with E-state index in [2.05, 4.69) is 5.32 Å². The van der Waals surface area contributed by atoms with E-state index in [0.717, 1.165) is 19.3 Å². The Labute approximate surface area is 96.7 Å². The fourth-order valence-corrected chi connectivity index (χ4v) is 1.87. The molecular formula is C11H22N2O3. The van der Waals surface area contributed by atoms with Crippen LogP contribution in [-0.4, -0.2) is 44.4 Å². The Hall–Kier alpha value is -0.650. The van der Waals surface area contributed by atoms with Gasteiger partial charge in [0.2, 0.25) is 5.91 Å². The summed E-state index contributed by atoms with van der Waals surface area (Å²) in [6.07, 6.45) is 2.62. The number of hydrogen-bond donors (Lipinski definition) is 2. The second-order valence-corrected chi connectivity index (χ2v) is 4.20. The molecule has 0 bridgehead atoms. The molecule has 1 amide bonds. The molecule has 1 aliphatic rings. The molecule has 1 rings (SSSR count). The van der Waals surface area contributed by atoms with E-state index in [1.54, 1.807) is 14.0 Å². The summed E-state index contributed by atoms with van der Waals surface area (Å²) in [5, 5.41) is 2.74. The molecule has 16 heavy (non-hydrogen) atoms. The Morgan fingerprint density at radius 2 is 2.31 bits per heavy atom. The van der Waals surface area contributed by atoms with Crippen LogP contribution in [0.4, 0.5) is 0 Å². The van der Waals surface area contributed by atoms with Crippen molar-refractivity contribution >= 4 is 5.91 Å². The Bertz CT molecular complexity index is 223. The molecular weight excluding hydrogens is 208 g/mol. The van der Waals surface area contributed by atoms with Crippen LogP contribution in [0, 0.1) is 0 Å². The van der Waals surface area contributed by atoms with Crippen LogP contribution in [0.2, 0.25) is 0 Å². The van der Waals surface area contributed by atoms with E-state index >= 15 is 0 Å². The molecule has 1 saturated carbocycles. The second kappa shape index (κ2) is 6.83. The summed E-state index contributed by atoms with van der Waals surface area (Å²) < 4.78 is 10.5. The maximum atomic E-state index is 11.6. The van der Waals surface area contributed by atoms with Gasteiger partial charge in [0.05, 0.1) is 12.7 Å². The third-order valence-electron chi connectivity index (χ3n) is 2.86. The predicted molar refractivity (Wildman–Crippen MR) is 61.0 cm³/mol. The number of carbonyl (C=O) groups excluding carboxylic acids is 1. The summed E-state index contributed by atoms with van der Waals surface area (Å²) >= 11 is 0. The van der Waals surface area contributed by atoms with Gasteiger partial charge in [-0.15, -0.1) is 0 Å². The normalized spacial score (nSPS) is 26.7. The standard InChI is InChI=1S/C11H22N2O3/c1-8(11(14)13-6-7-15-2)16-10-5-3-4-9(10)12/h8-10H,3-7,12H2,1-2H3,(H,13,14). The molecule has 0 spiro atoms. The van der Waals surface area contributed by atoms with Crippen molar-refractivity contribution in [3.63, 3.8) is 0 Å². The van der Waals surface area contributed by atoms with Crippen LogP contribution in [0.25, 0.3) is 0 Å². The van der Waals surface area contributed by atoms with Crippen LogP contribution in [0.1, 0.15) is 26.2 Å². The Balaban J connectivity index is 2.22. The quantitative estimate of drug-likeness (QED) is 0.632. The van der Waals surface area contributed by atoms with E-state index in [1.807, 2.05) is 0 Å². The topological polar surface area (TPSA) is 73.6 Å². The van der Waals surface area contributed by atoms with Crippen molar-refractivity contribution in [3.05, 3.63) is 0 Å². The van der Waals surface area contributed by atoms with Gasteiger partial charge in [0.1, 0.15) is 6.10 Å². The number of ether oxygens (including phenoxy) is 2. The van der Waals surface area contributed by atoms with Gasteiger partial charge in [0.15, 0.2) is 0 Å². The lowest BCUT2D eigenvalue weighted by Gasteiger charge is -2.21. The zero-order valence-corrected chi connectivity index (χ0v) is 10.1. The molecule has 0 aromatic carbocycles. The van der Waals surface area contributed by atoms with Crippen LogP contribution in [0.15, 0.2) is 0 Å². The summed E-state index contributed by atoms with van der Waals surface area (Å²) in [6.45, 7) is 2.79. The maximum absolute atomic E-state index is 11.6. The van der Waals surface area contributed by atoms with Crippen LogP contribution < -0.4 is 11.1 Å². The highest BCUT2D eigenvalue weighted by molar-refractivity contribution is 5.80. The van der Waals surface area contributed by atoms with Gasteiger partial charge in [-0.2, -0.15) is 0 Å². The first-order chi connectivity index (χ1) is 7.65. The van der Waals surface area contributed by atoms with Gasteiger partial charge < -0.3 is 20.5 Å². The lowest BCUT2D eigenvalue weighted by atomic mass is 10.2. The Kier molecular flexibility index (Phi) is 5.73. The van der Waals surface area contributed by atoms with Gasteiger partial charge in [0.25, 0.3) is 0 Å². The molecule has 3 N–H and O–H groups in total. The lowest BCUT2D eigenvalue weighted by molar-refractivity contribution is -0.135. The third-order valence-corrected chi connectivity index (χ3v) is 2.86. The molecule has 0 aromatic heterocycles. The van der Waals surface area contributed by atoms with Crippen LogP contribution >= 0.6 is 0 Å². The van der Waals surface area contributed by atoms with Crippen LogP contribution in [0.3, 0.4) is 0 Å². The van der Waals surface area contributed by atoms with Crippen molar-refractivity contribution in [2.24, 2.45) is 5.73 Å². The minimum Gasteiger partial charge on any atom is -0.383 e. The highest BCUT2D eigenvalue weighted by Crippen LogP contribution is 2.21. The number of amides is 1. The highest BCUT2D eigenvalue weighted by Gasteiger charge is 2.28. The second-order valence-electron chi connectivity index (χ2n) is 4.20. The van der Waals surface area contributed by atoms with Crippen molar-refractivity contribution < 1.29 is 14.3 Å². The fourth-order valence-electron chi connectivity index (χ4n) is 1.87. The number of carbonyl (C=O) groups is 1. The first kappa shape index (κ1) is 13.4. The number of nitrogens with one attached hydrogen (secondary N) is 1. The van der Waals surface area contributed by atoms with Crippen molar-refractivity contribution in [2.45, 2.75) is 44.4 Å². The van der Waals surface area contributed by atoms with Gasteiger partial charge in [-0.3, -0.25) is 4.79 Å². The Morgan fingerprint density at radius 1 is 1.56 bits per heavy atom. The van der Waals surface area contributed by atoms with E-state index in [9.17, 15) is 4.79 Å². The SMILES string of the molecule is COCCNC(=O)C(C)OC1CCCC1N. The summed E-state index contributed by atoms with van der Waals surface area (Å²) in [5.41, 5.74) is 5.87. The van der Waals surface area contributed by atoms with Crippen LogP contribution in [0.5, 0.6) is 0 Å². The lowest BCUT2D eigenvalue weighted by Crippen LogP contribution is -2.41. The van der Waals surface area contributed by atoms with Gasteiger partial charge >= 0.3 is 0 Å². The van der Waals surface area contributed by atoms with Gasteiger partial charge in [-0.25, -0.2) is 0 Å². The van der Waals surface area contributed by atoms with E-state index < -0.39 is 6.10 Å². The number of nitrogens with two attached hydrogens (primary N) is 1. The molecule has 1 aliphatic carbocycles. The summed E-state index contributed by atoms with van der Waals surface area (Å²) in [5.74, 6) is -0.101. The molecule has 94 valence electrons. The summed E-state index contributed by atoms with van der Waals surface area (Å²) in [4.78, 5) is 11.6. The number of hydrogen-bond acceptors (Lipinski definition) is 4. The fraction of sp³-hybridized carbons (Fsp3) is 0.909. The van der Waals surface area contributed by atoms with Crippen molar-refractivity contribution in [2.75, 3.05) is 20.3 Å². The van der Waals surface area contributed by atoms with E-state index in [4.69, 9.17) is 15.2 Å². The average molecular weight is 230 g/mol. The first-order valence-electron chi connectivity index (χ1n) is 5.83. The van der Waals surface area contributed by atoms with E-state index in [0.29, 0.717) is 13.2 Å². The summed E-state index contributed by atoms with van der Waals surface area (Å²) in [7, 11) is 1.60. The third kappa shape index (κ3) is 4.08. The van der Waals surface area contributed by atoms with Crippen molar-refractivity contribution in [1.29, 1.82) is 0 Å². The molecule has 0 radical (unpaired) electrons. The molecule has 5 heteroatoms. The van der Waals surface area contributed by atoms with Crippen molar-refractivity contribution in [1.82, 2.24) is 5.32 Å². The van der Waals surface area contributed by atoms with Gasteiger partial charge in [0, 0.05) is 19.7 Å². The largest absolute Gasteiger partial charge is 0.383 e. The monoisotopic (exact) mass is 230 g/mol. The van der Waals surface area contributed by atoms with Crippen LogP contribution in [-0.2, 0) is 14.3 Å². The molecule has 0 aliphatic heterocycles. The zero-order chi connectivity index (χ0) is 12.0. The zero-order valence-electron chi connectivity index (χ0n) is 10.1.